The van der Waals surface area contributed by atoms with E-state index in [4.69, 9.17) is 4.74 Å². The van der Waals surface area contributed by atoms with Gasteiger partial charge in [0.15, 0.2) is 0 Å². The average Bonchev–Trinajstić information content (AvgIpc) is 3.27. The molecule has 178 valence electrons. The summed E-state index contributed by atoms with van der Waals surface area (Å²) in [6.07, 6.45) is 1.93. The van der Waals surface area contributed by atoms with Crippen molar-refractivity contribution < 1.29 is 9.53 Å². The van der Waals surface area contributed by atoms with Crippen LogP contribution in [0.25, 0.3) is 33.3 Å². The Hall–Kier alpha value is -4.64. The van der Waals surface area contributed by atoms with Gasteiger partial charge >= 0.3 is 0 Å². The molecule has 5 rings (SSSR count). The first-order valence-corrected chi connectivity index (χ1v) is 11.9. The molecule has 0 saturated heterocycles. The molecule has 0 spiro atoms. The molecule has 1 aromatic heterocycles. The third kappa shape index (κ3) is 4.91. The van der Waals surface area contributed by atoms with E-state index in [1.807, 2.05) is 54.6 Å². The Bertz CT molecular complexity index is 1490. The number of para-hydroxylation sites is 1. The predicted octanol–water partition coefficient (Wildman–Crippen LogP) is 6.52. The number of hydrogen-bond donors (Lipinski definition) is 1. The van der Waals surface area contributed by atoms with Gasteiger partial charge in [-0.15, -0.1) is 0 Å². The Balaban J connectivity index is 1.44. The van der Waals surface area contributed by atoms with Crippen LogP contribution in [0.15, 0.2) is 114 Å². The molecular weight excluding hydrogens is 446 g/mol. The zero-order chi connectivity index (χ0) is 24.7. The quantitative estimate of drug-likeness (QED) is 0.206. The number of benzene rings is 4. The molecule has 5 nitrogen and oxygen atoms in total. The Morgan fingerprint density at radius 3 is 2.17 bits per heavy atom. The molecule has 0 bridgehead atoms. The van der Waals surface area contributed by atoms with E-state index in [-0.39, 0.29) is 5.91 Å². The fourth-order valence-electron chi connectivity index (χ4n) is 4.47. The summed E-state index contributed by atoms with van der Waals surface area (Å²) in [6.45, 7) is 0.529. The number of carbonyl (C=O) groups excluding carboxylic acids is 1. The molecule has 0 fully saturated rings. The lowest BCUT2D eigenvalue weighted by molar-refractivity contribution is -0.121. The molecule has 0 aliphatic rings. The largest absolute Gasteiger partial charge is 0.497 e. The monoisotopic (exact) mass is 473 g/mol. The van der Waals surface area contributed by atoms with E-state index in [1.165, 1.54) is 10.9 Å². The summed E-state index contributed by atoms with van der Waals surface area (Å²) in [7, 11) is 1.63. The number of fused-ring (bicyclic) bond motifs is 1. The predicted molar refractivity (Wildman–Crippen MR) is 146 cm³/mol. The highest BCUT2D eigenvalue weighted by atomic mass is 16.5. The maximum absolute atomic E-state index is 12.7. The number of aryl methyl sites for hydroxylation is 1. The number of nitrogens with one attached hydrogen (secondary N) is 1. The molecular formula is C31H27N3O2. The van der Waals surface area contributed by atoms with Crippen LogP contribution in [0.1, 0.15) is 12.0 Å². The third-order valence-electron chi connectivity index (χ3n) is 6.16. The van der Waals surface area contributed by atoms with Gasteiger partial charge in [0.1, 0.15) is 5.75 Å². The van der Waals surface area contributed by atoms with Crippen molar-refractivity contribution in [2.24, 2.45) is 5.10 Å². The number of carbonyl (C=O) groups is 1. The number of hydrazone groups is 1. The fourth-order valence-corrected chi connectivity index (χ4v) is 4.47. The van der Waals surface area contributed by atoms with E-state index >= 15 is 0 Å². The van der Waals surface area contributed by atoms with Gasteiger partial charge < -0.3 is 9.30 Å². The van der Waals surface area contributed by atoms with Gasteiger partial charge in [0.25, 0.3) is 0 Å². The summed E-state index contributed by atoms with van der Waals surface area (Å²) in [4.78, 5) is 12.7. The molecule has 36 heavy (non-hydrogen) atoms. The molecule has 0 atom stereocenters. The number of aromatic nitrogens is 1. The molecule has 0 aliphatic heterocycles. The Morgan fingerprint density at radius 1 is 0.833 bits per heavy atom. The van der Waals surface area contributed by atoms with Crippen LogP contribution in [-0.2, 0) is 11.3 Å². The lowest BCUT2D eigenvalue weighted by Gasteiger charge is -2.13. The first-order chi connectivity index (χ1) is 17.7. The first-order valence-electron chi connectivity index (χ1n) is 11.9. The number of ether oxygens (including phenoxy) is 1. The summed E-state index contributed by atoms with van der Waals surface area (Å²) >= 11 is 0. The van der Waals surface area contributed by atoms with Crippen LogP contribution in [-0.4, -0.2) is 23.8 Å². The highest BCUT2D eigenvalue weighted by Gasteiger charge is 2.20. The fraction of sp³-hybridized carbons (Fsp3) is 0.0968. The first kappa shape index (κ1) is 23.1. The highest BCUT2D eigenvalue weighted by Crippen LogP contribution is 2.40. The van der Waals surface area contributed by atoms with Crippen LogP contribution < -0.4 is 10.2 Å². The smallest absolute Gasteiger partial charge is 0.241 e. The Labute approximate surface area is 210 Å². The van der Waals surface area contributed by atoms with Gasteiger partial charge in [-0.05, 0) is 47.0 Å². The van der Waals surface area contributed by atoms with Crippen molar-refractivity contribution in [1.29, 1.82) is 0 Å². The summed E-state index contributed by atoms with van der Waals surface area (Å²) < 4.78 is 7.42. The van der Waals surface area contributed by atoms with E-state index in [0.717, 1.165) is 33.7 Å². The number of nitrogens with zero attached hydrogens (tertiary/aromatic N) is 2. The van der Waals surface area contributed by atoms with Gasteiger partial charge in [-0.1, -0.05) is 78.9 Å². The van der Waals surface area contributed by atoms with Gasteiger partial charge in [-0.3, -0.25) is 4.79 Å². The zero-order valence-corrected chi connectivity index (χ0v) is 20.1. The minimum Gasteiger partial charge on any atom is -0.497 e. The van der Waals surface area contributed by atoms with Crippen LogP contribution in [0.4, 0.5) is 0 Å². The lowest BCUT2D eigenvalue weighted by atomic mass is 9.98. The van der Waals surface area contributed by atoms with E-state index < -0.39 is 0 Å². The van der Waals surface area contributed by atoms with E-state index in [2.05, 4.69) is 69.7 Å². The maximum atomic E-state index is 12.7. The molecule has 1 heterocycles. The second-order valence-electron chi connectivity index (χ2n) is 8.44. The number of amides is 1. The lowest BCUT2D eigenvalue weighted by Crippen LogP contribution is -2.19. The van der Waals surface area contributed by atoms with E-state index in [0.29, 0.717) is 13.0 Å². The number of methoxy groups -OCH3 is 1. The molecule has 1 amide bonds. The zero-order valence-electron chi connectivity index (χ0n) is 20.1. The van der Waals surface area contributed by atoms with Gasteiger partial charge in [-0.25, -0.2) is 5.43 Å². The second-order valence-corrected chi connectivity index (χ2v) is 8.44. The topological polar surface area (TPSA) is 55.6 Å². The van der Waals surface area contributed by atoms with Crippen molar-refractivity contribution in [3.05, 3.63) is 115 Å². The van der Waals surface area contributed by atoms with Crippen LogP contribution in [0.3, 0.4) is 0 Å². The van der Waals surface area contributed by atoms with Crippen molar-refractivity contribution in [2.75, 3.05) is 7.11 Å². The number of rotatable bonds is 8. The maximum Gasteiger partial charge on any atom is 0.241 e. The van der Waals surface area contributed by atoms with Crippen LogP contribution in [0.2, 0.25) is 0 Å². The summed E-state index contributed by atoms with van der Waals surface area (Å²) in [5.41, 5.74) is 9.20. The van der Waals surface area contributed by atoms with Crippen molar-refractivity contribution in [3.63, 3.8) is 0 Å². The molecule has 0 aliphatic carbocycles. The summed E-state index contributed by atoms with van der Waals surface area (Å²) in [6, 6.07) is 36.7. The molecule has 5 heteroatoms. The normalized spacial score (nSPS) is 11.1. The van der Waals surface area contributed by atoms with Crippen molar-refractivity contribution in [1.82, 2.24) is 9.99 Å². The Morgan fingerprint density at radius 2 is 1.47 bits per heavy atom. The van der Waals surface area contributed by atoms with Gasteiger partial charge in [0, 0.05) is 29.4 Å². The molecule has 0 saturated carbocycles. The van der Waals surface area contributed by atoms with Crippen molar-refractivity contribution in [2.45, 2.75) is 13.0 Å². The summed E-state index contributed by atoms with van der Waals surface area (Å²) in [5, 5.41) is 5.30. The van der Waals surface area contributed by atoms with Gasteiger partial charge in [0.05, 0.1) is 19.0 Å². The molecule has 0 unspecified atom stereocenters. The average molecular weight is 474 g/mol. The minimum absolute atomic E-state index is 0.141. The van der Waals surface area contributed by atoms with Crippen molar-refractivity contribution in [3.8, 4) is 28.1 Å². The second kappa shape index (κ2) is 10.7. The highest BCUT2D eigenvalue weighted by molar-refractivity contribution is 6.04. The van der Waals surface area contributed by atoms with E-state index in [1.54, 1.807) is 13.3 Å². The standard InChI is InChI=1S/C31H27N3O2/c1-36-26-18-16-23(17-19-26)22-32-33-29(35)20-21-34-28-15-9-8-14-27(28)30(24-10-4-2-5-11-24)31(34)25-12-6-3-7-13-25/h2-19,22H,20-21H2,1H3,(H,33,35)/b32-22+. The van der Waals surface area contributed by atoms with Gasteiger partial charge in [0.2, 0.25) is 5.91 Å². The molecule has 5 aromatic rings. The molecule has 1 N–H and O–H groups in total. The van der Waals surface area contributed by atoms with Crippen molar-refractivity contribution >= 4 is 23.0 Å². The minimum atomic E-state index is -0.141. The van der Waals surface area contributed by atoms with Crippen LogP contribution in [0.5, 0.6) is 5.75 Å². The SMILES string of the molecule is COc1ccc(/C=N/NC(=O)CCn2c(-c3ccccc3)c(-c3ccccc3)c3ccccc32)cc1. The molecule has 0 radical (unpaired) electrons. The van der Waals surface area contributed by atoms with Crippen LogP contribution in [0, 0.1) is 0 Å². The van der Waals surface area contributed by atoms with Gasteiger partial charge in [-0.2, -0.15) is 5.10 Å². The third-order valence-corrected chi connectivity index (χ3v) is 6.16. The van der Waals surface area contributed by atoms with E-state index in [9.17, 15) is 4.79 Å². The Kier molecular flexibility index (Phi) is 6.90. The molecule has 4 aromatic carbocycles. The number of hydrogen-bond acceptors (Lipinski definition) is 3. The summed E-state index contributed by atoms with van der Waals surface area (Å²) in [5.74, 6) is 0.636. The van der Waals surface area contributed by atoms with Crippen LogP contribution >= 0.6 is 0 Å².